The minimum absolute atomic E-state index is 0.554. The van der Waals surface area contributed by atoms with Gasteiger partial charge in [0.05, 0.1) is 0 Å². The first-order valence-corrected chi connectivity index (χ1v) is 8.68. The monoisotopic (exact) mass is 294 g/mol. The van der Waals surface area contributed by atoms with Gasteiger partial charge in [0.2, 0.25) is 0 Å². The summed E-state index contributed by atoms with van der Waals surface area (Å²) >= 11 is 3.94. The summed E-state index contributed by atoms with van der Waals surface area (Å²) in [5.74, 6) is 1.13. The molecular weight excluding hydrogens is 280 g/mol. The zero-order valence-corrected chi connectivity index (χ0v) is 13.1. The highest BCUT2D eigenvalue weighted by molar-refractivity contribution is 8.07. The largest absolute Gasteiger partial charge is 0.140 e. The molecule has 98 valence electrons. The van der Waals surface area contributed by atoms with Gasteiger partial charge in [-0.05, 0) is 46.4 Å². The van der Waals surface area contributed by atoms with Crippen molar-refractivity contribution in [1.29, 1.82) is 0 Å². The van der Waals surface area contributed by atoms with Crippen molar-refractivity contribution in [3.05, 3.63) is 62.2 Å². The highest BCUT2D eigenvalue weighted by Crippen LogP contribution is 2.62. The molecule has 1 aliphatic heterocycles. The lowest BCUT2D eigenvalue weighted by atomic mass is 9.70. The van der Waals surface area contributed by atoms with Gasteiger partial charge in [-0.1, -0.05) is 42.1 Å². The van der Waals surface area contributed by atoms with E-state index in [1.165, 1.54) is 25.4 Å². The molecule has 0 bridgehead atoms. The first-order chi connectivity index (χ1) is 9.75. The van der Waals surface area contributed by atoms with Gasteiger partial charge in [-0.2, -0.15) is 0 Å². The SMILES string of the molecule is CC1=C2c3cccc4sc(C)c(c34)C3C=CC=C(S1)C23. The van der Waals surface area contributed by atoms with Crippen molar-refractivity contribution in [2.45, 2.75) is 19.8 Å². The predicted octanol–water partition coefficient (Wildman–Crippen LogP) is 5.85. The van der Waals surface area contributed by atoms with Crippen LogP contribution < -0.4 is 0 Å². The van der Waals surface area contributed by atoms with E-state index in [1.54, 1.807) is 16.0 Å². The highest BCUT2D eigenvalue weighted by Gasteiger charge is 2.42. The van der Waals surface area contributed by atoms with E-state index >= 15 is 0 Å². The van der Waals surface area contributed by atoms with Crippen molar-refractivity contribution in [1.82, 2.24) is 0 Å². The quantitative estimate of drug-likeness (QED) is 0.587. The van der Waals surface area contributed by atoms with Crippen molar-refractivity contribution in [3.8, 4) is 0 Å². The summed E-state index contributed by atoms with van der Waals surface area (Å²) in [5, 5.41) is 1.53. The Balaban J connectivity index is 1.99. The molecule has 1 aromatic carbocycles. The average molecular weight is 294 g/mol. The Morgan fingerprint density at radius 2 is 2.05 bits per heavy atom. The van der Waals surface area contributed by atoms with Crippen LogP contribution in [0.15, 0.2) is 46.2 Å². The number of fused-ring (bicyclic) bond motifs is 2. The van der Waals surface area contributed by atoms with Gasteiger partial charge < -0.3 is 0 Å². The van der Waals surface area contributed by atoms with Crippen molar-refractivity contribution < 1.29 is 0 Å². The Kier molecular flexibility index (Phi) is 2.10. The molecule has 2 atom stereocenters. The van der Waals surface area contributed by atoms with E-state index < -0.39 is 0 Å². The van der Waals surface area contributed by atoms with Crippen LogP contribution in [0.4, 0.5) is 0 Å². The number of benzene rings is 1. The second-order valence-corrected chi connectivity index (χ2v) is 8.32. The lowest BCUT2D eigenvalue weighted by Crippen LogP contribution is -2.18. The summed E-state index contributed by atoms with van der Waals surface area (Å²) in [6.45, 7) is 4.58. The Hall–Kier alpha value is -1.25. The van der Waals surface area contributed by atoms with E-state index in [4.69, 9.17) is 0 Å². The van der Waals surface area contributed by atoms with Crippen LogP contribution in [0.2, 0.25) is 0 Å². The molecule has 2 heteroatoms. The molecular formula is C18H14S2. The molecule has 2 unspecified atom stereocenters. The molecule has 0 fully saturated rings. The highest BCUT2D eigenvalue weighted by atomic mass is 32.2. The number of hydrogen-bond donors (Lipinski definition) is 0. The summed E-state index contributed by atoms with van der Waals surface area (Å²) in [4.78, 5) is 4.53. The number of thiophene rings is 1. The Bertz CT molecular complexity index is 861. The van der Waals surface area contributed by atoms with Crippen LogP contribution in [0, 0.1) is 12.8 Å². The van der Waals surface area contributed by atoms with Gasteiger partial charge in [-0.3, -0.25) is 0 Å². The second kappa shape index (κ2) is 3.69. The van der Waals surface area contributed by atoms with Gasteiger partial charge in [0.25, 0.3) is 0 Å². The summed E-state index contributed by atoms with van der Waals surface area (Å²) in [6.07, 6.45) is 6.99. The zero-order valence-electron chi connectivity index (χ0n) is 11.4. The van der Waals surface area contributed by atoms with Crippen LogP contribution in [0.3, 0.4) is 0 Å². The Labute approximate surface area is 126 Å². The van der Waals surface area contributed by atoms with E-state index in [-0.39, 0.29) is 0 Å². The number of aryl methyl sites for hydroxylation is 1. The van der Waals surface area contributed by atoms with E-state index in [0.29, 0.717) is 11.8 Å². The summed E-state index contributed by atoms with van der Waals surface area (Å²) < 4.78 is 1.45. The lowest BCUT2D eigenvalue weighted by molar-refractivity contribution is 0.706. The third-order valence-corrected chi connectivity index (χ3v) is 7.01. The van der Waals surface area contributed by atoms with Crippen molar-refractivity contribution in [2.75, 3.05) is 0 Å². The van der Waals surface area contributed by atoms with Crippen molar-refractivity contribution in [3.63, 3.8) is 0 Å². The summed E-state index contributed by atoms with van der Waals surface area (Å²) in [7, 11) is 0. The second-order valence-electron chi connectivity index (χ2n) is 5.78. The molecule has 2 aromatic rings. The van der Waals surface area contributed by atoms with E-state index in [0.717, 1.165) is 0 Å². The molecule has 2 heterocycles. The van der Waals surface area contributed by atoms with E-state index in [2.05, 4.69) is 50.3 Å². The van der Waals surface area contributed by atoms with Crippen molar-refractivity contribution >= 4 is 38.8 Å². The number of allylic oxidation sites excluding steroid dienone is 6. The number of thioether (sulfide) groups is 1. The molecule has 0 amide bonds. The van der Waals surface area contributed by atoms with Crippen LogP contribution in [-0.4, -0.2) is 0 Å². The zero-order chi connectivity index (χ0) is 13.4. The Morgan fingerprint density at radius 1 is 1.15 bits per heavy atom. The van der Waals surface area contributed by atoms with Crippen LogP contribution in [0.1, 0.15) is 28.8 Å². The molecule has 3 aliphatic rings. The fourth-order valence-corrected chi connectivity index (χ4v) is 6.45. The van der Waals surface area contributed by atoms with Crippen LogP contribution in [0.5, 0.6) is 0 Å². The molecule has 5 rings (SSSR count). The minimum atomic E-state index is 0.554. The molecule has 0 saturated carbocycles. The van der Waals surface area contributed by atoms with Gasteiger partial charge in [0.15, 0.2) is 0 Å². The van der Waals surface area contributed by atoms with E-state index in [1.807, 2.05) is 23.1 Å². The summed E-state index contributed by atoms with van der Waals surface area (Å²) in [6, 6.07) is 6.83. The normalized spacial score (nSPS) is 26.2. The molecule has 0 N–H and O–H groups in total. The molecule has 20 heavy (non-hydrogen) atoms. The maximum atomic E-state index is 2.41. The predicted molar refractivity (Wildman–Crippen MR) is 90.2 cm³/mol. The first-order valence-electron chi connectivity index (χ1n) is 7.05. The standard InChI is InChI=1S/C18H14S2/c1-9-15-11-5-3-8-14-18(11)16(10(2)20-14)12-6-4-7-13(19-9)17(12)15/h3-8,11,18H,1-2H3. The molecule has 0 spiro atoms. The van der Waals surface area contributed by atoms with Gasteiger partial charge in [-0.15, -0.1) is 11.3 Å². The van der Waals surface area contributed by atoms with Crippen LogP contribution in [-0.2, 0) is 0 Å². The topological polar surface area (TPSA) is 0 Å². The number of hydrogen-bond acceptors (Lipinski definition) is 2. The van der Waals surface area contributed by atoms with Crippen LogP contribution in [0.25, 0.3) is 15.7 Å². The minimum Gasteiger partial charge on any atom is -0.140 e. The fourth-order valence-electron chi connectivity index (χ4n) is 4.07. The first kappa shape index (κ1) is 11.4. The smallest absolute Gasteiger partial charge is 0.0354 e. The fraction of sp³-hybridized carbons (Fsp3) is 0.222. The molecule has 0 nitrogen and oxygen atoms in total. The maximum Gasteiger partial charge on any atom is 0.0354 e. The van der Waals surface area contributed by atoms with Crippen LogP contribution >= 0.6 is 23.1 Å². The van der Waals surface area contributed by atoms with E-state index in [9.17, 15) is 0 Å². The third-order valence-electron chi connectivity index (χ3n) is 4.77. The maximum absolute atomic E-state index is 2.41. The summed E-state index contributed by atoms with van der Waals surface area (Å²) in [5.41, 5.74) is 4.67. The molecule has 1 aromatic heterocycles. The van der Waals surface area contributed by atoms with Gasteiger partial charge in [0.1, 0.15) is 0 Å². The average Bonchev–Trinajstić information content (AvgIpc) is 2.95. The molecule has 0 radical (unpaired) electrons. The molecule has 0 saturated heterocycles. The van der Waals surface area contributed by atoms with Gasteiger partial charge in [0, 0.05) is 26.8 Å². The third kappa shape index (κ3) is 1.20. The number of rotatable bonds is 0. The Morgan fingerprint density at radius 3 is 2.95 bits per heavy atom. The lowest BCUT2D eigenvalue weighted by Gasteiger charge is -2.32. The van der Waals surface area contributed by atoms with Gasteiger partial charge in [-0.25, -0.2) is 0 Å². The van der Waals surface area contributed by atoms with Crippen molar-refractivity contribution in [2.24, 2.45) is 5.92 Å². The van der Waals surface area contributed by atoms with Gasteiger partial charge >= 0.3 is 0 Å². The molecule has 2 aliphatic carbocycles.